The lowest BCUT2D eigenvalue weighted by atomic mass is 10.3. The first kappa shape index (κ1) is 14.1. The zero-order valence-electron chi connectivity index (χ0n) is 11.3. The van der Waals surface area contributed by atoms with Gasteiger partial charge in [0, 0.05) is 24.2 Å². The number of aryl methyl sites for hydroxylation is 2. The Bertz CT molecular complexity index is 647. The van der Waals surface area contributed by atoms with Crippen LogP contribution in [0.25, 0.3) is 0 Å². The van der Waals surface area contributed by atoms with Crippen molar-refractivity contribution in [2.75, 3.05) is 17.7 Å². The van der Waals surface area contributed by atoms with Gasteiger partial charge in [0.05, 0.1) is 12.8 Å². The second-order valence-electron chi connectivity index (χ2n) is 4.05. The lowest BCUT2D eigenvalue weighted by Crippen LogP contribution is -2.20. The summed E-state index contributed by atoms with van der Waals surface area (Å²) in [6.07, 6.45) is 1.71. The van der Waals surface area contributed by atoms with Gasteiger partial charge in [0.15, 0.2) is 5.82 Å². The van der Waals surface area contributed by atoms with E-state index < -0.39 is 12.0 Å². The maximum Gasteiger partial charge on any atom is 0.350 e. The van der Waals surface area contributed by atoms with Crippen LogP contribution in [0.1, 0.15) is 14.5 Å². The Morgan fingerprint density at radius 3 is 2.75 bits per heavy atom. The second-order valence-corrected chi connectivity index (χ2v) is 5.30. The quantitative estimate of drug-likeness (QED) is 0.850. The van der Waals surface area contributed by atoms with E-state index in [2.05, 4.69) is 20.5 Å². The van der Waals surface area contributed by atoms with Gasteiger partial charge >= 0.3 is 12.0 Å². The molecule has 2 aromatic heterocycles. The van der Waals surface area contributed by atoms with Gasteiger partial charge in [-0.3, -0.25) is 10.00 Å². The topological polar surface area (TPSA) is 85.2 Å². The van der Waals surface area contributed by atoms with Crippen LogP contribution in [0.5, 0.6) is 0 Å². The number of amides is 2. The first-order valence-electron chi connectivity index (χ1n) is 5.76. The fourth-order valence-electron chi connectivity index (χ4n) is 1.60. The van der Waals surface area contributed by atoms with Gasteiger partial charge in [0.1, 0.15) is 4.88 Å². The summed E-state index contributed by atoms with van der Waals surface area (Å²) in [5, 5.41) is 9.22. The molecule has 0 fully saturated rings. The number of thiophene rings is 1. The van der Waals surface area contributed by atoms with Gasteiger partial charge in [-0.1, -0.05) is 0 Å². The van der Waals surface area contributed by atoms with Crippen LogP contribution in [0.3, 0.4) is 0 Å². The van der Waals surface area contributed by atoms with E-state index >= 15 is 0 Å². The van der Waals surface area contributed by atoms with Gasteiger partial charge in [-0.15, -0.1) is 11.3 Å². The number of nitrogens with one attached hydrogen (secondary N) is 2. The molecule has 2 N–H and O–H groups in total. The van der Waals surface area contributed by atoms with E-state index in [1.807, 2.05) is 6.92 Å². The number of carbonyl (C=O) groups is 2. The Kier molecular flexibility index (Phi) is 4.04. The summed E-state index contributed by atoms with van der Waals surface area (Å²) in [6.45, 7) is 1.85. The number of urea groups is 1. The maximum absolute atomic E-state index is 11.8. The minimum atomic E-state index is -0.476. The van der Waals surface area contributed by atoms with Crippen LogP contribution in [0.4, 0.5) is 16.3 Å². The SMILES string of the molecule is COC(=O)c1sc(C)cc1NC(=O)Nc1ccn(C)n1. The third-order valence-corrected chi connectivity index (χ3v) is 3.46. The molecule has 0 saturated carbocycles. The number of anilines is 2. The van der Waals surface area contributed by atoms with Crippen molar-refractivity contribution in [3.63, 3.8) is 0 Å². The van der Waals surface area contributed by atoms with Crippen molar-refractivity contribution in [3.05, 3.63) is 28.1 Å². The molecule has 2 amide bonds. The van der Waals surface area contributed by atoms with Crippen LogP contribution in [-0.4, -0.2) is 28.9 Å². The number of nitrogens with zero attached hydrogens (tertiary/aromatic N) is 2. The molecular weight excluding hydrogens is 280 g/mol. The highest BCUT2D eigenvalue weighted by molar-refractivity contribution is 7.14. The molecule has 2 aromatic rings. The van der Waals surface area contributed by atoms with Crippen molar-refractivity contribution in [2.24, 2.45) is 7.05 Å². The molecule has 0 radical (unpaired) electrons. The van der Waals surface area contributed by atoms with Crippen molar-refractivity contribution in [1.82, 2.24) is 9.78 Å². The largest absolute Gasteiger partial charge is 0.465 e. The van der Waals surface area contributed by atoms with E-state index in [0.717, 1.165) is 4.88 Å². The molecule has 0 spiro atoms. The van der Waals surface area contributed by atoms with Crippen LogP contribution >= 0.6 is 11.3 Å². The third-order valence-electron chi connectivity index (χ3n) is 2.43. The first-order valence-corrected chi connectivity index (χ1v) is 6.57. The van der Waals surface area contributed by atoms with Crippen LogP contribution in [0.15, 0.2) is 18.3 Å². The van der Waals surface area contributed by atoms with Gasteiger partial charge in [-0.05, 0) is 13.0 Å². The number of rotatable bonds is 3. The molecule has 0 saturated heterocycles. The van der Waals surface area contributed by atoms with E-state index in [0.29, 0.717) is 16.4 Å². The molecule has 106 valence electrons. The Labute approximate surface area is 119 Å². The zero-order chi connectivity index (χ0) is 14.7. The Balaban J connectivity index is 2.09. The molecule has 0 aliphatic heterocycles. The van der Waals surface area contributed by atoms with Gasteiger partial charge < -0.3 is 10.1 Å². The van der Waals surface area contributed by atoms with Gasteiger partial charge in [-0.2, -0.15) is 5.10 Å². The maximum atomic E-state index is 11.8. The van der Waals surface area contributed by atoms with Crippen molar-refractivity contribution >= 4 is 34.8 Å². The molecule has 0 atom stereocenters. The average molecular weight is 294 g/mol. The zero-order valence-corrected chi connectivity index (χ0v) is 12.1. The highest BCUT2D eigenvalue weighted by atomic mass is 32.1. The number of ether oxygens (including phenoxy) is 1. The van der Waals surface area contributed by atoms with E-state index in [1.165, 1.54) is 18.4 Å². The minimum Gasteiger partial charge on any atom is -0.465 e. The van der Waals surface area contributed by atoms with Gasteiger partial charge in [0.2, 0.25) is 0 Å². The normalized spacial score (nSPS) is 10.2. The monoisotopic (exact) mass is 294 g/mol. The second kappa shape index (κ2) is 5.74. The molecule has 0 aliphatic carbocycles. The molecule has 0 unspecified atom stereocenters. The number of carbonyl (C=O) groups excluding carboxylic acids is 2. The Morgan fingerprint density at radius 2 is 2.15 bits per heavy atom. The number of aromatic nitrogens is 2. The molecule has 7 nitrogen and oxygen atoms in total. The number of hydrogen-bond acceptors (Lipinski definition) is 5. The van der Waals surface area contributed by atoms with Crippen LogP contribution in [0, 0.1) is 6.92 Å². The summed E-state index contributed by atoms with van der Waals surface area (Å²) in [7, 11) is 3.05. The summed E-state index contributed by atoms with van der Waals surface area (Å²) in [6, 6.07) is 2.92. The van der Waals surface area contributed by atoms with E-state index in [4.69, 9.17) is 0 Å². The standard InChI is InChI=1S/C12H14N4O3S/c1-7-6-8(10(20-7)11(17)19-3)13-12(18)14-9-4-5-16(2)15-9/h4-6H,1-3H3,(H2,13,14,15,18). The van der Waals surface area contributed by atoms with E-state index in [1.54, 1.807) is 30.1 Å². The summed E-state index contributed by atoms with van der Waals surface area (Å²) in [4.78, 5) is 24.7. The number of methoxy groups -OCH3 is 1. The van der Waals surface area contributed by atoms with Crippen molar-refractivity contribution in [1.29, 1.82) is 0 Å². The van der Waals surface area contributed by atoms with Crippen molar-refractivity contribution in [3.8, 4) is 0 Å². The predicted molar refractivity (Wildman–Crippen MR) is 76.2 cm³/mol. The van der Waals surface area contributed by atoms with E-state index in [9.17, 15) is 9.59 Å². The lowest BCUT2D eigenvalue weighted by molar-refractivity contribution is 0.0607. The molecule has 8 heteroatoms. The van der Waals surface area contributed by atoms with Gasteiger partial charge in [0.25, 0.3) is 0 Å². The number of esters is 1. The van der Waals surface area contributed by atoms with Crippen molar-refractivity contribution < 1.29 is 14.3 Å². The highest BCUT2D eigenvalue weighted by Gasteiger charge is 2.17. The smallest absolute Gasteiger partial charge is 0.350 e. The molecule has 0 bridgehead atoms. The summed E-state index contributed by atoms with van der Waals surface area (Å²) < 4.78 is 6.25. The summed E-state index contributed by atoms with van der Waals surface area (Å²) >= 11 is 1.26. The van der Waals surface area contributed by atoms with Gasteiger partial charge in [-0.25, -0.2) is 9.59 Å². The fourth-order valence-corrected chi connectivity index (χ4v) is 2.49. The third kappa shape index (κ3) is 3.15. The predicted octanol–water partition coefficient (Wildman–Crippen LogP) is 2.22. The molecule has 2 rings (SSSR count). The molecule has 0 aromatic carbocycles. The van der Waals surface area contributed by atoms with Crippen LogP contribution < -0.4 is 10.6 Å². The molecule has 20 heavy (non-hydrogen) atoms. The Morgan fingerprint density at radius 1 is 1.40 bits per heavy atom. The van der Waals surface area contributed by atoms with Crippen molar-refractivity contribution in [2.45, 2.75) is 6.92 Å². The number of hydrogen-bond donors (Lipinski definition) is 2. The van der Waals surface area contributed by atoms with Crippen LogP contribution in [0.2, 0.25) is 0 Å². The Hall–Kier alpha value is -2.35. The average Bonchev–Trinajstić information content (AvgIpc) is 2.94. The van der Waals surface area contributed by atoms with E-state index in [-0.39, 0.29) is 0 Å². The highest BCUT2D eigenvalue weighted by Crippen LogP contribution is 2.27. The fraction of sp³-hybridized carbons (Fsp3) is 0.250. The van der Waals surface area contributed by atoms with Crippen LogP contribution in [-0.2, 0) is 11.8 Å². The summed E-state index contributed by atoms with van der Waals surface area (Å²) in [5.41, 5.74) is 0.424. The lowest BCUT2D eigenvalue weighted by Gasteiger charge is -2.05. The molecular formula is C12H14N4O3S. The molecule has 0 aliphatic rings. The summed E-state index contributed by atoms with van der Waals surface area (Å²) in [5.74, 6) is -0.0483. The molecule has 2 heterocycles. The first-order chi connectivity index (χ1) is 9.49. The minimum absolute atomic E-state index is 0.362.